The Hall–Kier alpha value is -1.62. The summed E-state index contributed by atoms with van der Waals surface area (Å²) in [6, 6.07) is 5.82. The first-order valence-corrected chi connectivity index (χ1v) is 7.66. The summed E-state index contributed by atoms with van der Waals surface area (Å²) in [4.78, 5) is 23.3. The molecule has 114 valence electrons. The molecule has 0 saturated carbocycles. The monoisotopic (exact) mass is 353 g/mol. The molecule has 0 saturated heterocycles. The molecule has 0 unspecified atom stereocenters. The molecule has 1 N–H and O–H groups in total. The molecule has 1 aromatic rings. The summed E-state index contributed by atoms with van der Waals surface area (Å²) in [5.74, 6) is -0.822. The van der Waals surface area contributed by atoms with Crippen LogP contribution in [0.2, 0.25) is 0 Å². The van der Waals surface area contributed by atoms with Gasteiger partial charge in [-0.3, -0.25) is 4.79 Å². The third-order valence-electron chi connectivity index (χ3n) is 2.77. The highest BCUT2D eigenvalue weighted by Gasteiger charge is 2.15. The molecule has 0 fully saturated rings. The summed E-state index contributed by atoms with van der Waals surface area (Å²) in [5.41, 5.74) is 2.00. The standard InChI is InChI=1S/C16H20BrNO3/c1-4-9-18-16(20)12(3)21-15(19)8-7-13-6-5-11(2)10-14(13)17/h5-8,10,12H,4,9H2,1-3H3,(H,18,20)/b8-7+/t12-/m0/s1. The lowest BCUT2D eigenvalue weighted by atomic mass is 10.1. The zero-order valence-electron chi connectivity index (χ0n) is 12.5. The molecule has 0 heterocycles. The van der Waals surface area contributed by atoms with E-state index in [9.17, 15) is 9.59 Å². The molecule has 4 nitrogen and oxygen atoms in total. The van der Waals surface area contributed by atoms with E-state index >= 15 is 0 Å². The third-order valence-corrected chi connectivity index (χ3v) is 3.45. The number of nitrogens with one attached hydrogen (secondary N) is 1. The van der Waals surface area contributed by atoms with Crippen LogP contribution in [0, 0.1) is 6.92 Å². The topological polar surface area (TPSA) is 55.4 Å². The molecule has 0 aliphatic carbocycles. The number of rotatable bonds is 6. The van der Waals surface area contributed by atoms with Gasteiger partial charge in [-0.1, -0.05) is 35.0 Å². The Morgan fingerprint density at radius 1 is 1.43 bits per heavy atom. The predicted octanol–water partition coefficient (Wildman–Crippen LogP) is 3.23. The molecule has 1 aromatic carbocycles. The smallest absolute Gasteiger partial charge is 0.331 e. The first-order valence-electron chi connectivity index (χ1n) is 6.86. The lowest BCUT2D eigenvalue weighted by Gasteiger charge is -2.11. The second-order valence-electron chi connectivity index (χ2n) is 4.73. The van der Waals surface area contributed by atoms with Gasteiger partial charge in [-0.15, -0.1) is 0 Å². The minimum atomic E-state index is -0.796. The Labute approximate surface area is 133 Å². The molecule has 0 bridgehead atoms. The predicted molar refractivity (Wildman–Crippen MR) is 86.8 cm³/mol. The van der Waals surface area contributed by atoms with Gasteiger partial charge in [-0.05, 0) is 43.5 Å². The number of benzene rings is 1. The van der Waals surface area contributed by atoms with Gasteiger partial charge in [0.05, 0.1) is 0 Å². The van der Waals surface area contributed by atoms with E-state index in [1.165, 1.54) is 6.08 Å². The summed E-state index contributed by atoms with van der Waals surface area (Å²) in [6.07, 6.45) is 3.02. The number of hydrogen-bond acceptors (Lipinski definition) is 3. The minimum Gasteiger partial charge on any atom is -0.449 e. The Morgan fingerprint density at radius 2 is 2.14 bits per heavy atom. The number of amides is 1. The van der Waals surface area contributed by atoms with Crippen molar-refractivity contribution in [3.63, 3.8) is 0 Å². The van der Waals surface area contributed by atoms with Crippen LogP contribution in [-0.2, 0) is 14.3 Å². The number of esters is 1. The minimum absolute atomic E-state index is 0.282. The van der Waals surface area contributed by atoms with Crippen LogP contribution >= 0.6 is 15.9 Å². The van der Waals surface area contributed by atoms with Crippen LogP contribution in [-0.4, -0.2) is 24.5 Å². The van der Waals surface area contributed by atoms with Gasteiger partial charge in [0.2, 0.25) is 0 Å². The summed E-state index contributed by atoms with van der Waals surface area (Å²) in [6.45, 7) is 6.08. The summed E-state index contributed by atoms with van der Waals surface area (Å²) in [5, 5.41) is 2.68. The fraction of sp³-hybridized carbons (Fsp3) is 0.375. The van der Waals surface area contributed by atoms with Crippen LogP contribution < -0.4 is 5.32 Å². The molecule has 0 radical (unpaired) electrons. The number of carbonyl (C=O) groups excluding carboxylic acids is 2. The maximum absolute atomic E-state index is 11.7. The van der Waals surface area contributed by atoms with E-state index in [4.69, 9.17) is 4.74 Å². The van der Waals surface area contributed by atoms with Crippen molar-refractivity contribution in [1.82, 2.24) is 5.32 Å². The highest BCUT2D eigenvalue weighted by Crippen LogP contribution is 2.19. The molecule has 0 aromatic heterocycles. The van der Waals surface area contributed by atoms with E-state index in [1.54, 1.807) is 13.0 Å². The molecular weight excluding hydrogens is 334 g/mol. The van der Waals surface area contributed by atoms with Gasteiger partial charge in [0.25, 0.3) is 5.91 Å². The first kappa shape index (κ1) is 17.4. The number of aryl methyl sites for hydroxylation is 1. The number of halogens is 1. The largest absolute Gasteiger partial charge is 0.449 e. The molecule has 1 rings (SSSR count). The molecule has 1 amide bonds. The van der Waals surface area contributed by atoms with Gasteiger partial charge in [-0.2, -0.15) is 0 Å². The second kappa shape index (κ2) is 8.62. The van der Waals surface area contributed by atoms with Crippen LogP contribution in [0.3, 0.4) is 0 Å². The molecule has 5 heteroatoms. The highest BCUT2D eigenvalue weighted by atomic mass is 79.9. The lowest BCUT2D eigenvalue weighted by Crippen LogP contribution is -2.35. The normalized spacial score (nSPS) is 12.2. The van der Waals surface area contributed by atoms with Crippen molar-refractivity contribution in [3.05, 3.63) is 39.9 Å². The second-order valence-corrected chi connectivity index (χ2v) is 5.58. The Kier molecular flexibility index (Phi) is 7.15. The van der Waals surface area contributed by atoms with Crippen molar-refractivity contribution in [3.8, 4) is 0 Å². The van der Waals surface area contributed by atoms with Crippen molar-refractivity contribution in [2.45, 2.75) is 33.3 Å². The Morgan fingerprint density at radius 3 is 2.76 bits per heavy atom. The van der Waals surface area contributed by atoms with Crippen molar-refractivity contribution in [2.24, 2.45) is 0 Å². The van der Waals surface area contributed by atoms with Crippen LogP contribution in [0.4, 0.5) is 0 Å². The SMILES string of the molecule is CCCNC(=O)[C@H](C)OC(=O)/C=C/c1ccc(C)cc1Br. The lowest BCUT2D eigenvalue weighted by molar-refractivity contribution is -0.150. The summed E-state index contributed by atoms with van der Waals surface area (Å²) in [7, 11) is 0. The number of hydrogen-bond donors (Lipinski definition) is 1. The highest BCUT2D eigenvalue weighted by molar-refractivity contribution is 9.10. The molecule has 21 heavy (non-hydrogen) atoms. The van der Waals surface area contributed by atoms with E-state index in [2.05, 4.69) is 21.2 Å². The molecule has 0 spiro atoms. The molecule has 0 aliphatic rings. The van der Waals surface area contributed by atoms with Gasteiger partial charge < -0.3 is 10.1 Å². The number of ether oxygens (including phenoxy) is 1. The third kappa shape index (κ3) is 6.12. The quantitative estimate of drug-likeness (QED) is 0.630. The van der Waals surface area contributed by atoms with Gasteiger partial charge in [0, 0.05) is 17.1 Å². The maximum Gasteiger partial charge on any atom is 0.331 e. The van der Waals surface area contributed by atoms with Crippen LogP contribution in [0.5, 0.6) is 0 Å². The Balaban J connectivity index is 2.56. The van der Waals surface area contributed by atoms with E-state index in [0.29, 0.717) is 6.54 Å². The molecule has 0 aliphatic heterocycles. The first-order chi connectivity index (χ1) is 9.93. The van der Waals surface area contributed by atoms with Crippen LogP contribution in [0.25, 0.3) is 6.08 Å². The molecule has 1 atom stereocenters. The fourth-order valence-electron chi connectivity index (χ4n) is 1.58. The van der Waals surface area contributed by atoms with Gasteiger partial charge in [0.1, 0.15) is 0 Å². The van der Waals surface area contributed by atoms with E-state index in [0.717, 1.165) is 22.0 Å². The summed E-state index contributed by atoms with van der Waals surface area (Å²) < 4.78 is 5.94. The summed E-state index contributed by atoms with van der Waals surface area (Å²) >= 11 is 3.43. The molecular formula is C16H20BrNO3. The van der Waals surface area contributed by atoms with Gasteiger partial charge in [0.15, 0.2) is 6.10 Å². The van der Waals surface area contributed by atoms with E-state index in [1.807, 2.05) is 32.0 Å². The zero-order chi connectivity index (χ0) is 15.8. The van der Waals surface area contributed by atoms with Gasteiger partial charge >= 0.3 is 5.97 Å². The van der Waals surface area contributed by atoms with E-state index < -0.39 is 12.1 Å². The van der Waals surface area contributed by atoms with Gasteiger partial charge in [-0.25, -0.2) is 4.79 Å². The Bertz CT molecular complexity index is 540. The number of carbonyl (C=O) groups is 2. The maximum atomic E-state index is 11.7. The van der Waals surface area contributed by atoms with Crippen molar-refractivity contribution >= 4 is 33.9 Å². The van der Waals surface area contributed by atoms with Crippen LogP contribution in [0.1, 0.15) is 31.4 Å². The van der Waals surface area contributed by atoms with E-state index in [-0.39, 0.29) is 5.91 Å². The van der Waals surface area contributed by atoms with Crippen molar-refractivity contribution < 1.29 is 14.3 Å². The zero-order valence-corrected chi connectivity index (χ0v) is 14.1. The van der Waals surface area contributed by atoms with Crippen molar-refractivity contribution in [1.29, 1.82) is 0 Å². The fourth-order valence-corrected chi connectivity index (χ4v) is 2.21. The van der Waals surface area contributed by atoms with Crippen molar-refractivity contribution in [2.75, 3.05) is 6.54 Å². The van der Waals surface area contributed by atoms with Crippen LogP contribution in [0.15, 0.2) is 28.7 Å². The average molecular weight is 354 g/mol. The average Bonchev–Trinajstić information content (AvgIpc) is 2.43.